The fraction of sp³-hybridized carbons (Fsp3) is 0.844. The van der Waals surface area contributed by atoms with Crippen LogP contribution in [0.2, 0.25) is 0 Å². The van der Waals surface area contributed by atoms with Crippen molar-refractivity contribution in [3.05, 3.63) is 24.3 Å². The molecule has 0 aliphatic rings. The van der Waals surface area contributed by atoms with Crippen LogP contribution in [0.5, 0.6) is 0 Å². The molecule has 0 bridgehead atoms. The van der Waals surface area contributed by atoms with Gasteiger partial charge < -0.3 is 25.2 Å². The van der Waals surface area contributed by atoms with E-state index in [2.05, 4.69) is 43.5 Å². The third-order valence-electron chi connectivity index (χ3n) is 9.97. The lowest BCUT2D eigenvalue weighted by atomic mass is 10.0. The molecule has 0 aromatic heterocycles. The number of aliphatic hydroxyl groups is 1. The monoisotopic (exact) mass is 830 g/mol. The lowest BCUT2D eigenvalue weighted by molar-refractivity contribution is -0.147. The minimum Gasteiger partial charge on any atom is -0.480 e. The normalized spacial score (nSPS) is 13.9. The Bertz CT molecular complexity index is 1070. The van der Waals surface area contributed by atoms with Crippen molar-refractivity contribution in [3.63, 3.8) is 0 Å². The maximum Gasteiger partial charge on any atom is 0.472 e. The zero-order valence-electron chi connectivity index (χ0n) is 36.2. The smallest absolute Gasteiger partial charge is 0.472 e. The minimum absolute atomic E-state index is 0.131. The molecule has 3 atom stereocenters. The Morgan fingerprint density at radius 1 is 0.561 bits per heavy atom. The van der Waals surface area contributed by atoms with Crippen LogP contribution in [0, 0.1) is 0 Å². The van der Waals surface area contributed by atoms with Crippen LogP contribution < -0.4 is 5.32 Å². The van der Waals surface area contributed by atoms with Crippen molar-refractivity contribution in [3.8, 4) is 0 Å². The van der Waals surface area contributed by atoms with Crippen molar-refractivity contribution in [1.29, 1.82) is 0 Å². The van der Waals surface area contributed by atoms with Crippen LogP contribution in [-0.2, 0) is 32.7 Å². The molecule has 4 N–H and O–H groups in total. The van der Waals surface area contributed by atoms with Crippen LogP contribution in [-0.4, -0.2) is 64.9 Å². The van der Waals surface area contributed by atoms with E-state index in [0.29, 0.717) is 12.8 Å². The number of esters is 1. The average Bonchev–Trinajstić information content (AvgIpc) is 3.18. The van der Waals surface area contributed by atoms with Gasteiger partial charge in [0, 0.05) is 12.8 Å². The molecule has 0 aliphatic carbocycles. The number of unbranched alkanes of at least 4 members (excludes halogenated alkanes) is 25. The summed E-state index contributed by atoms with van der Waals surface area (Å²) in [5.41, 5.74) is 0. The van der Waals surface area contributed by atoms with Gasteiger partial charge in [0.1, 0.15) is 12.7 Å². The van der Waals surface area contributed by atoms with Crippen molar-refractivity contribution < 1.29 is 47.8 Å². The van der Waals surface area contributed by atoms with E-state index < -0.39 is 57.6 Å². The zero-order valence-corrected chi connectivity index (χ0v) is 37.0. The summed E-state index contributed by atoms with van der Waals surface area (Å²) in [4.78, 5) is 45.9. The molecule has 0 aromatic rings. The van der Waals surface area contributed by atoms with Crippen molar-refractivity contribution in [1.82, 2.24) is 5.32 Å². The van der Waals surface area contributed by atoms with Crippen LogP contribution in [0.4, 0.5) is 0 Å². The van der Waals surface area contributed by atoms with Gasteiger partial charge in [0.05, 0.1) is 13.2 Å². The van der Waals surface area contributed by atoms with Crippen LogP contribution in [0.15, 0.2) is 24.3 Å². The van der Waals surface area contributed by atoms with E-state index in [0.717, 1.165) is 70.6 Å². The molecular formula is C45H84NO10P. The number of carboxylic acid groups (broad SMARTS) is 1. The Hall–Kier alpha value is -2.04. The van der Waals surface area contributed by atoms with Gasteiger partial charge in [-0.3, -0.25) is 18.6 Å². The Morgan fingerprint density at radius 2 is 1.00 bits per heavy atom. The molecule has 0 aliphatic heterocycles. The standard InChI is InChI=1S/C45H84NO10P/c1-3-5-7-9-11-13-15-17-18-19-20-21-22-23-25-27-29-31-33-35-37-44(49)54-38-41(47)39-55-57(52,53)56-40-42(45(50)51)46-43(48)36-34-32-30-28-26-24-16-14-12-10-8-6-4-2/h8,10,14,16,41-42,47H,3-7,9,11-13,15,17-40H2,1-2H3,(H,46,48)(H,50,51)(H,52,53)/b10-8-,16-14-. The summed E-state index contributed by atoms with van der Waals surface area (Å²) in [6.45, 7) is 2.54. The van der Waals surface area contributed by atoms with Gasteiger partial charge in [-0.1, -0.05) is 186 Å². The van der Waals surface area contributed by atoms with Crippen LogP contribution in [0.3, 0.4) is 0 Å². The topological polar surface area (TPSA) is 169 Å². The van der Waals surface area contributed by atoms with Crippen molar-refractivity contribution in [2.45, 2.75) is 225 Å². The number of amides is 1. The molecule has 334 valence electrons. The number of nitrogens with one attached hydrogen (secondary N) is 1. The molecule has 0 saturated carbocycles. The molecule has 0 saturated heterocycles. The zero-order chi connectivity index (χ0) is 42.1. The number of carbonyl (C=O) groups is 3. The Morgan fingerprint density at radius 3 is 1.49 bits per heavy atom. The second-order valence-electron chi connectivity index (χ2n) is 15.6. The van der Waals surface area contributed by atoms with Gasteiger partial charge in [0.15, 0.2) is 6.04 Å². The number of phosphoric acid groups is 1. The molecule has 0 radical (unpaired) electrons. The molecule has 3 unspecified atom stereocenters. The van der Waals surface area contributed by atoms with Crippen LogP contribution in [0.25, 0.3) is 0 Å². The highest BCUT2D eigenvalue weighted by Crippen LogP contribution is 2.43. The second-order valence-corrected chi connectivity index (χ2v) is 17.0. The number of hydrogen-bond donors (Lipinski definition) is 4. The summed E-state index contributed by atoms with van der Waals surface area (Å²) in [7, 11) is -4.76. The molecule has 0 fully saturated rings. The van der Waals surface area contributed by atoms with Gasteiger partial charge in [0.25, 0.3) is 0 Å². The third kappa shape index (κ3) is 40.5. The SMILES string of the molecule is CCC/C=C\C/C=C\CCCCCCCC(=O)NC(COP(=O)(O)OCC(O)COC(=O)CCCCCCCCCCCCCCCCCCCCCC)C(=O)O. The van der Waals surface area contributed by atoms with Gasteiger partial charge in [-0.25, -0.2) is 9.36 Å². The summed E-state index contributed by atoms with van der Waals surface area (Å²) >= 11 is 0. The summed E-state index contributed by atoms with van der Waals surface area (Å²) in [5.74, 6) is -2.38. The predicted octanol–water partition coefficient (Wildman–Crippen LogP) is 11.8. The molecule has 12 heteroatoms. The first-order valence-electron chi connectivity index (χ1n) is 22.9. The molecule has 11 nitrogen and oxygen atoms in total. The van der Waals surface area contributed by atoms with E-state index in [4.69, 9.17) is 13.8 Å². The molecule has 57 heavy (non-hydrogen) atoms. The number of aliphatic carboxylic acids is 1. The number of carboxylic acids is 1. The number of aliphatic hydroxyl groups excluding tert-OH is 1. The van der Waals surface area contributed by atoms with E-state index in [1.165, 1.54) is 103 Å². The first-order valence-corrected chi connectivity index (χ1v) is 24.4. The van der Waals surface area contributed by atoms with Gasteiger partial charge in [-0.15, -0.1) is 0 Å². The highest BCUT2D eigenvalue weighted by Gasteiger charge is 2.28. The van der Waals surface area contributed by atoms with Crippen molar-refractivity contribution >= 4 is 25.7 Å². The van der Waals surface area contributed by atoms with Gasteiger partial charge in [0.2, 0.25) is 5.91 Å². The highest BCUT2D eigenvalue weighted by atomic mass is 31.2. The Balaban J connectivity index is 3.83. The van der Waals surface area contributed by atoms with E-state index in [-0.39, 0.29) is 12.8 Å². The van der Waals surface area contributed by atoms with E-state index in [1.54, 1.807) is 0 Å². The second kappa shape index (κ2) is 40.7. The van der Waals surface area contributed by atoms with Crippen LogP contribution in [0.1, 0.15) is 213 Å². The summed E-state index contributed by atoms with van der Waals surface area (Å²) in [6, 6.07) is -1.55. The Labute approximate surface area is 347 Å². The van der Waals surface area contributed by atoms with Crippen molar-refractivity contribution in [2.75, 3.05) is 19.8 Å². The molecule has 0 aromatic carbocycles. The van der Waals surface area contributed by atoms with Crippen LogP contribution >= 0.6 is 7.82 Å². The molecule has 1 amide bonds. The maximum atomic E-state index is 12.3. The fourth-order valence-corrected chi connectivity index (χ4v) is 7.19. The Kier molecular flexibility index (Phi) is 39.3. The van der Waals surface area contributed by atoms with Crippen molar-refractivity contribution in [2.24, 2.45) is 0 Å². The van der Waals surface area contributed by atoms with E-state index in [9.17, 15) is 34.1 Å². The molecule has 0 spiro atoms. The number of rotatable bonds is 43. The fourth-order valence-electron chi connectivity index (χ4n) is 6.41. The molecular weight excluding hydrogens is 745 g/mol. The first-order chi connectivity index (χ1) is 27.6. The number of phosphoric ester groups is 1. The van der Waals surface area contributed by atoms with E-state index in [1.807, 2.05) is 0 Å². The summed E-state index contributed by atoms with van der Waals surface area (Å²) in [5, 5.41) is 21.8. The lowest BCUT2D eigenvalue weighted by Gasteiger charge is -2.18. The quantitative estimate of drug-likeness (QED) is 0.0201. The lowest BCUT2D eigenvalue weighted by Crippen LogP contribution is -2.43. The minimum atomic E-state index is -4.76. The number of allylic oxidation sites excluding steroid dienone is 4. The molecule has 0 heterocycles. The van der Waals surface area contributed by atoms with E-state index >= 15 is 0 Å². The molecule has 0 rings (SSSR count). The highest BCUT2D eigenvalue weighted by molar-refractivity contribution is 7.47. The summed E-state index contributed by atoms with van der Waals surface area (Å²) < 4.78 is 26.8. The maximum absolute atomic E-state index is 12.3. The largest absolute Gasteiger partial charge is 0.480 e. The number of carbonyl (C=O) groups excluding carboxylic acids is 2. The van der Waals surface area contributed by atoms with Gasteiger partial charge in [-0.2, -0.15) is 0 Å². The average molecular weight is 830 g/mol. The number of hydrogen-bond acceptors (Lipinski definition) is 8. The number of ether oxygens (including phenoxy) is 1. The van der Waals surface area contributed by atoms with Gasteiger partial charge >= 0.3 is 19.8 Å². The third-order valence-corrected chi connectivity index (χ3v) is 10.9. The summed E-state index contributed by atoms with van der Waals surface area (Å²) in [6.07, 6.45) is 42.1. The predicted molar refractivity (Wildman–Crippen MR) is 231 cm³/mol. The first kappa shape index (κ1) is 55.0. The van der Waals surface area contributed by atoms with Gasteiger partial charge in [-0.05, 0) is 38.5 Å².